The number of thiophene rings is 1. The first-order valence-corrected chi connectivity index (χ1v) is 13.9. The van der Waals surface area contributed by atoms with Crippen LogP contribution in [0.2, 0.25) is 4.34 Å². The van der Waals surface area contributed by atoms with Crippen molar-refractivity contribution in [2.45, 2.75) is 38.2 Å². The molecular formula is C31H27ClFNO4S. The number of ether oxygens (including phenoxy) is 2. The van der Waals surface area contributed by atoms with Crippen LogP contribution in [0.3, 0.4) is 0 Å². The maximum Gasteiger partial charge on any atom is 0.412 e. The molecule has 1 aromatic heterocycles. The van der Waals surface area contributed by atoms with Crippen molar-refractivity contribution in [2.75, 3.05) is 11.9 Å². The van der Waals surface area contributed by atoms with E-state index in [4.69, 9.17) is 21.1 Å². The minimum Gasteiger partial charge on any atom is -0.465 e. The molecule has 0 radical (unpaired) electrons. The Bertz CT molecular complexity index is 1480. The number of amides is 1. The average molecular weight is 564 g/mol. The third-order valence-corrected chi connectivity index (χ3v) is 8.21. The summed E-state index contributed by atoms with van der Waals surface area (Å²) in [5, 5.41) is 2.79. The van der Waals surface area contributed by atoms with Gasteiger partial charge >= 0.3 is 12.1 Å². The Hall–Kier alpha value is -3.68. The number of nitrogens with one attached hydrogen (secondary N) is 1. The van der Waals surface area contributed by atoms with Gasteiger partial charge in [-0.1, -0.05) is 72.3 Å². The molecule has 0 spiro atoms. The van der Waals surface area contributed by atoms with Crippen molar-refractivity contribution in [3.8, 4) is 21.6 Å². The van der Waals surface area contributed by atoms with E-state index in [-0.39, 0.29) is 11.8 Å². The topological polar surface area (TPSA) is 64.6 Å². The molecule has 1 aliphatic carbocycles. The minimum atomic E-state index is -0.629. The van der Waals surface area contributed by atoms with E-state index >= 15 is 0 Å². The second kappa shape index (κ2) is 11.2. The van der Waals surface area contributed by atoms with Gasteiger partial charge in [0.15, 0.2) is 0 Å². The summed E-state index contributed by atoms with van der Waals surface area (Å²) in [7, 11) is 0. The van der Waals surface area contributed by atoms with Gasteiger partial charge in [-0.05, 0) is 72.7 Å². The van der Waals surface area contributed by atoms with Crippen molar-refractivity contribution < 1.29 is 23.5 Å². The first kappa shape index (κ1) is 26.9. The van der Waals surface area contributed by atoms with Gasteiger partial charge in [0.25, 0.3) is 0 Å². The van der Waals surface area contributed by atoms with Crippen molar-refractivity contribution in [1.82, 2.24) is 0 Å². The second-order valence-electron chi connectivity index (χ2n) is 9.47. The molecule has 39 heavy (non-hydrogen) atoms. The van der Waals surface area contributed by atoms with E-state index in [0.29, 0.717) is 22.2 Å². The molecule has 4 aromatic rings. The van der Waals surface area contributed by atoms with Gasteiger partial charge in [-0.15, -0.1) is 11.3 Å². The Morgan fingerprint density at radius 2 is 1.56 bits per heavy atom. The Labute approximate surface area is 235 Å². The summed E-state index contributed by atoms with van der Waals surface area (Å²) >= 11 is 7.66. The van der Waals surface area contributed by atoms with E-state index in [1.807, 2.05) is 55.5 Å². The van der Waals surface area contributed by atoms with Gasteiger partial charge in [0.1, 0.15) is 11.9 Å². The molecule has 1 heterocycles. The fourth-order valence-electron chi connectivity index (χ4n) is 4.57. The molecule has 1 saturated carbocycles. The molecule has 0 saturated heterocycles. The summed E-state index contributed by atoms with van der Waals surface area (Å²) < 4.78 is 24.5. The van der Waals surface area contributed by atoms with Gasteiger partial charge in [0, 0.05) is 0 Å². The van der Waals surface area contributed by atoms with Crippen LogP contribution in [0.15, 0.2) is 78.9 Å². The first-order chi connectivity index (χ1) is 18.8. The molecule has 1 atom stereocenters. The van der Waals surface area contributed by atoms with E-state index in [2.05, 4.69) is 5.32 Å². The zero-order valence-corrected chi connectivity index (χ0v) is 23.1. The van der Waals surface area contributed by atoms with Gasteiger partial charge < -0.3 is 9.47 Å². The SMILES string of the molecule is CCOC(=O)C1(c2ccc(-c3ccc(-c4sc(Cl)cc4NC(=O)OC(C)c4ccc(F)cc4)cc3)cc2)CC1. The molecule has 3 aromatic carbocycles. The summed E-state index contributed by atoms with van der Waals surface area (Å²) in [5.41, 5.74) is 4.69. The number of rotatable bonds is 8. The molecular weight excluding hydrogens is 537 g/mol. The second-order valence-corrected chi connectivity index (χ2v) is 11.2. The number of anilines is 1. The lowest BCUT2D eigenvalue weighted by Crippen LogP contribution is -2.23. The molecule has 0 aliphatic heterocycles. The first-order valence-electron chi connectivity index (χ1n) is 12.7. The molecule has 1 unspecified atom stereocenters. The van der Waals surface area contributed by atoms with Crippen LogP contribution in [0.5, 0.6) is 0 Å². The minimum absolute atomic E-state index is 0.144. The summed E-state index contributed by atoms with van der Waals surface area (Å²) in [5.74, 6) is -0.494. The zero-order valence-electron chi connectivity index (χ0n) is 21.5. The van der Waals surface area contributed by atoms with Gasteiger partial charge in [-0.25, -0.2) is 9.18 Å². The number of carbonyl (C=O) groups is 2. The smallest absolute Gasteiger partial charge is 0.412 e. The number of hydrogen-bond donors (Lipinski definition) is 1. The lowest BCUT2D eigenvalue weighted by atomic mass is 9.93. The van der Waals surface area contributed by atoms with Crippen molar-refractivity contribution in [3.05, 3.63) is 100 Å². The lowest BCUT2D eigenvalue weighted by Gasteiger charge is -2.15. The van der Waals surface area contributed by atoms with Crippen molar-refractivity contribution in [3.63, 3.8) is 0 Å². The Morgan fingerprint density at radius 1 is 0.974 bits per heavy atom. The largest absolute Gasteiger partial charge is 0.465 e. The molecule has 1 amide bonds. The van der Waals surface area contributed by atoms with Gasteiger partial charge in [-0.2, -0.15) is 0 Å². The van der Waals surface area contributed by atoms with Crippen LogP contribution >= 0.6 is 22.9 Å². The van der Waals surface area contributed by atoms with Crippen LogP contribution in [0.1, 0.15) is 43.9 Å². The van der Waals surface area contributed by atoms with E-state index < -0.39 is 17.6 Å². The fraction of sp³-hybridized carbons (Fsp3) is 0.226. The Morgan fingerprint density at radius 3 is 2.15 bits per heavy atom. The molecule has 5 nitrogen and oxygen atoms in total. The standard InChI is InChI=1S/C31H27ClFNO4S/c1-3-37-29(35)31(16-17-31)24-12-8-22(9-13-24)21-4-6-23(7-5-21)28-26(18-27(32)39-28)34-30(36)38-19(2)20-10-14-25(33)15-11-20/h4-15,18-19H,3,16-17H2,1-2H3,(H,34,36). The van der Waals surface area contributed by atoms with Crippen molar-refractivity contribution in [1.29, 1.82) is 0 Å². The highest BCUT2D eigenvalue weighted by Crippen LogP contribution is 2.49. The van der Waals surface area contributed by atoms with Crippen LogP contribution in [0.4, 0.5) is 14.9 Å². The normalized spacial score (nSPS) is 14.4. The number of halogens is 2. The van der Waals surface area contributed by atoms with Crippen LogP contribution in [-0.2, 0) is 19.7 Å². The Balaban J connectivity index is 1.28. The van der Waals surface area contributed by atoms with Crippen molar-refractivity contribution in [2.24, 2.45) is 0 Å². The van der Waals surface area contributed by atoms with E-state index in [1.54, 1.807) is 25.1 Å². The molecule has 1 N–H and O–H groups in total. The van der Waals surface area contributed by atoms with Crippen molar-refractivity contribution >= 4 is 40.7 Å². The van der Waals surface area contributed by atoms with Gasteiger partial charge in [0.05, 0.1) is 26.9 Å². The van der Waals surface area contributed by atoms with E-state index in [1.165, 1.54) is 23.5 Å². The number of benzene rings is 3. The quantitative estimate of drug-likeness (QED) is 0.218. The van der Waals surface area contributed by atoms with E-state index in [0.717, 1.165) is 40.0 Å². The highest BCUT2D eigenvalue weighted by atomic mass is 35.5. The average Bonchev–Trinajstić information content (AvgIpc) is 3.67. The number of carbonyl (C=O) groups excluding carboxylic acids is 2. The third kappa shape index (κ3) is 5.84. The predicted octanol–water partition coefficient (Wildman–Crippen LogP) is 8.78. The molecule has 5 rings (SSSR count). The fourth-order valence-corrected chi connectivity index (χ4v) is 5.76. The highest BCUT2D eigenvalue weighted by Gasteiger charge is 2.52. The van der Waals surface area contributed by atoms with Crippen LogP contribution in [-0.4, -0.2) is 18.7 Å². The molecule has 200 valence electrons. The summed E-state index contributed by atoms with van der Waals surface area (Å²) in [6, 6.07) is 23.5. The third-order valence-electron chi connectivity index (χ3n) is 6.90. The molecule has 1 fully saturated rings. The summed E-state index contributed by atoms with van der Waals surface area (Å²) in [4.78, 5) is 25.8. The maximum atomic E-state index is 13.2. The molecule has 0 bridgehead atoms. The van der Waals surface area contributed by atoms with Gasteiger partial charge in [-0.3, -0.25) is 10.1 Å². The Kier molecular flexibility index (Phi) is 7.73. The van der Waals surface area contributed by atoms with Crippen LogP contribution in [0, 0.1) is 5.82 Å². The monoisotopic (exact) mass is 563 g/mol. The molecule has 1 aliphatic rings. The van der Waals surface area contributed by atoms with Gasteiger partial charge in [0.2, 0.25) is 0 Å². The number of esters is 1. The van der Waals surface area contributed by atoms with Crippen LogP contribution in [0.25, 0.3) is 21.6 Å². The number of hydrogen-bond acceptors (Lipinski definition) is 5. The lowest BCUT2D eigenvalue weighted by molar-refractivity contribution is -0.146. The van der Waals surface area contributed by atoms with Crippen LogP contribution < -0.4 is 5.32 Å². The summed E-state index contributed by atoms with van der Waals surface area (Å²) in [6.07, 6.45) is 0.452. The highest BCUT2D eigenvalue weighted by molar-refractivity contribution is 7.20. The zero-order chi connectivity index (χ0) is 27.6. The molecule has 8 heteroatoms. The van der Waals surface area contributed by atoms with E-state index in [9.17, 15) is 14.0 Å². The predicted molar refractivity (Wildman–Crippen MR) is 153 cm³/mol. The summed E-state index contributed by atoms with van der Waals surface area (Å²) in [6.45, 7) is 3.93. The maximum absolute atomic E-state index is 13.2.